The first-order valence-corrected chi connectivity index (χ1v) is 8.84. The van der Waals surface area contributed by atoms with Crippen molar-refractivity contribution >= 4 is 37.1 Å². The van der Waals surface area contributed by atoms with Gasteiger partial charge in [0.05, 0.1) is 0 Å². The molecule has 0 aliphatic heterocycles. The van der Waals surface area contributed by atoms with Gasteiger partial charge in [0.15, 0.2) is 0 Å². The SMILES string of the molecule is O=C(O)[AsH][Te]. The third-order valence-electron chi connectivity index (χ3n) is 0.0873. The second kappa shape index (κ2) is 3.03. The molecule has 1 unspecified atom stereocenters. The number of carbonyl (C=O) groups is 1. The molecule has 0 saturated carbocycles. The van der Waals surface area contributed by atoms with Gasteiger partial charge in [-0.1, -0.05) is 0 Å². The molecule has 4 heteroatoms. The minimum atomic E-state index is -0.629. The Labute approximate surface area is 47.0 Å². The molecule has 0 rings (SSSR count). The van der Waals surface area contributed by atoms with Crippen molar-refractivity contribution in [3.63, 3.8) is 0 Å². The molecule has 0 aliphatic rings. The van der Waals surface area contributed by atoms with Crippen LogP contribution in [0.5, 0.6) is 0 Å². The summed E-state index contributed by atoms with van der Waals surface area (Å²) < 4.78 is -0.616. The molecule has 29 valence electrons. The fraction of sp³-hybridized carbons (Fsp3) is 0. The van der Waals surface area contributed by atoms with E-state index >= 15 is 0 Å². The van der Waals surface area contributed by atoms with Crippen molar-refractivity contribution < 1.29 is 9.90 Å². The summed E-state index contributed by atoms with van der Waals surface area (Å²) in [7, 11) is 0. The second-order valence-electron chi connectivity index (χ2n) is 0.407. The zero-order valence-electron chi connectivity index (χ0n) is 2.26. The summed E-state index contributed by atoms with van der Waals surface area (Å²) in [6.07, 6.45) is 0. The van der Waals surface area contributed by atoms with Gasteiger partial charge in [-0.2, -0.15) is 0 Å². The van der Waals surface area contributed by atoms with Gasteiger partial charge < -0.3 is 0 Å². The van der Waals surface area contributed by atoms with E-state index in [0.717, 1.165) is 0 Å². The monoisotopic (exact) mass is 251 g/mol. The molecule has 0 heterocycles. The van der Waals surface area contributed by atoms with Gasteiger partial charge in [-0.05, 0) is 0 Å². The van der Waals surface area contributed by atoms with E-state index < -0.39 is 17.2 Å². The van der Waals surface area contributed by atoms with Gasteiger partial charge in [-0.25, -0.2) is 0 Å². The standard InChI is InChI=1S/CH2AsO2Te/c3-1(4)2-5/h2H,(H,3,4). The van der Waals surface area contributed by atoms with E-state index in [9.17, 15) is 4.79 Å². The number of rotatable bonds is 1. The molecule has 1 radical (unpaired) electrons. The first-order chi connectivity index (χ1) is 2.27. The van der Waals surface area contributed by atoms with Gasteiger partial charge in [0, 0.05) is 0 Å². The van der Waals surface area contributed by atoms with Crippen molar-refractivity contribution in [2.24, 2.45) is 0 Å². The van der Waals surface area contributed by atoms with Crippen LogP contribution in [0.3, 0.4) is 0 Å². The van der Waals surface area contributed by atoms with Crippen LogP contribution in [0.4, 0.5) is 4.79 Å². The van der Waals surface area contributed by atoms with Crippen LogP contribution in [-0.2, 0) is 0 Å². The molecule has 1 atom stereocenters. The van der Waals surface area contributed by atoms with E-state index in [0.29, 0.717) is 0 Å². The zero-order valence-corrected chi connectivity index (χ0v) is 6.69. The van der Waals surface area contributed by atoms with E-state index in [-0.39, 0.29) is 0 Å². The van der Waals surface area contributed by atoms with Crippen LogP contribution in [0, 0.1) is 0 Å². The molecule has 0 aromatic heterocycles. The van der Waals surface area contributed by atoms with Crippen LogP contribution >= 0.6 is 0 Å². The van der Waals surface area contributed by atoms with E-state index in [1.807, 2.05) is 0 Å². The summed E-state index contributed by atoms with van der Waals surface area (Å²) in [5.41, 5.74) is 0. The van der Waals surface area contributed by atoms with Gasteiger partial charge in [0.1, 0.15) is 0 Å². The van der Waals surface area contributed by atoms with Gasteiger partial charge in [-0.3, -0.25) is 0 Å². The molecule has 0 spiro atoms. The maximum absolute atomic E-state index is 9.43. The Balaban J connectivity index is 2.85. The quantitative estimate of drug-likeness (QED) is 0.616. The van der Waals surface area contributed by atoms with Crippen molar-refractivity contribution in [2.75, 3.05) is 0 Å². The summed E-state index contributed by atoms with van der Waals surface area (Å²) in [4.78, 5) is 9.43. The van der Waals surface area contributed by atoms with Crippen LogP contribution in [0.15, 0.2) is 0 Å². The molecule has 1 N–H and O–H groups in total. The first-order valence-electron chi connectivity index (χ1n) is 0.882. The van der Waals surface area contributed by atoms with Gasteiger partial charge in [0.2, 0.25) is 0 Å². The Kier molecular flexibility index (Phi) is 3.52. The fourth-order valence-corrected chi connectivity index (χ4v) is 0. The summed E-state index contributed by atoms with van der Waals surface area (Å²) in [5.74, 6) is 0. The minimum absolute atomic E-state index is 0.616. The predicted octanol–water partition coefficient (Wildman–Crippen LogP) is -0.816. The molecular formula is CH2AsO2Te. The van der Waals surface area contributed by atoms with E-state index in [4.69, 9.17) is 5.11 Å². The predicted molar refractivity (Wildman–Crippen MR) is 20.9 cm³/mol. The third-order valence-corrected chi connectivity index (χ3v) is 3.04. The van der Waals surface area contributed by atoms with Crippen molar-refractivity contribution in [2.45, 2.75) is 0 Å². The molecule has 0 aromatic rings. The normalized spacial score (nSPS) is 9.80. The van der Waals surface area contributed by atoms with Crippen LogP contribution in [0.25, 0.3) is 0 Å². The molecule has 5 heavy (non-hydrogen) atoms. The van der Waals surface area contributed by atoms with E-state index in [1.165, 1.54) is 0 Å². The average molecular weight is 249 g/mol. The zero-order chi connectivity index (χ0) is 4.28. The summed E-state index contributed by atoms with van der Waals surface area (Å²) in [6, 6.07) is 0. The summed E-state index contributed by atoms with van der Waals surface area (Å²) >= 11 is 1.04. The van der Waals surface area contributed by atoms with Gasteiger partial charge in [0.25, 0.3) is 0 Å². The number of carboxylic acid groups (broad SMARTS) is 1. The summed E-state index contributed by atoms with van der Waals surface area (Å²) in [6.45, 7) is 0. The molecule has 0 bridgehead atoms. The van der Waals surface area contributed by atoms with Gasteiger partial charge >= 0.3 is 47.0 Å². The van der Waals surface area contributed by atoms with Crippen molar-refractivity contribution in [1.82, 2.24) is 0 Å². The third kappa shape index (κ3) is 4.82. The molecular weight excluding hydrogens is 247 g/mol. The van der Waals surface area contributed by atoms with E-state index in [1.54, 1.807) is 19.9 Å². The van der Waals surface area contributed by atoms with Crippen molar-refractivity contribution in [3.05, 3.63) is 0 Å². The van der Waals surface area contributed by atoms with E-state index in [2.05, 4.69) is 0 Å². The molecule has 2 nitrogen and oxygen atoms in total. The fourth-order valence-electron chi connectivity index (χ4n) is 0. The van der Waals surface area contributed by atoms with Gasteiger partial charge in [-0.15, -0.1) is 0 Å². The Morgan fingerprint density at radius 1 is 2.00 bits per heavy atom. The van der Waals surface area contributed by atoms with Crippen molar-refractivity contribution in [3.8, 4) is 0 Å². The van der Waals surface area contributed by atoms with Crippen molar-refractivity contribution in [1.29, 1.82) is 0 Å². The maximum atomic E-state index is 9.43. The Hall–Kier alpha value is 0.818. The summed E-state index contributed by atoms with van der Waals surface area (Å²) in [5, 5.41) is 7.78. The molecule has 0 aliphatic carbocycles. The average Bonchev–Trinajstić information content (AvgIpc) is 1.38. The second-order valence-corrected chi connectivity index (χ2v) is 4.76. The molecule has 0 amide bonds. The van der Waals surface area contributed by atoms with Crippen LogP contribution in [-0.4, -0.2) is 42.2 Å². The molecule has 0 fully saturated rings. The molecule has 0 saturated heterocycles. The first kappa shape index (κ1) is 5.82. The Morgan fingerprint density at radius 3 is 2.20 bits per heavy atom. The topological polar surface area (TPSA) is 37.3 Å². The van der Waals surface area contributed by atoms with Crippen LogP contribution in [0.1, 0.15) is 0 Å². The number of hydrogen-bond donors (Lipinski definition) is 1. The number of hydrogen-bond acceptors (Lipinski definition) is 1. The molecule has 0 aromatic carbocycles. The van der Waals surface area contributed by atoms with Crippen LogP contribution in [0.2, 0.25) is 0 Å². The Morgan fingerprint density at radius 2 is 2.20 bits per heavy atom. The van der Waals surface area contributed by atoms with Crippen LogP contribution < -0.4 is 0 Å². The Bertz CT molecular complexity index is 44.9.